The number of amides is 2. The van der Waals surface area contributed by atoms with Crippen molar-refractivity contribution in [3.05, 3.63) is 0 Å². The lowest BCUT2D eigenvalue weighted by Crippen LogP contribution is -2.46. The van der Waals surface area contributed by atoms with Gasteiger partial charge in [-0.05, 0) is 25.7 Å². The third-order valence-corrected chi connectivity index (χ3v) is 4.76. The number of primary amides is 1. The Morgan fingerprint density at radius 1 is 1.05 bits per heavy atom. The van der Waals surface area contributed by atoms with Crippen LogP contribution in [0.5, 0.6) is 0 Å². The molecule has 128 valence electrons. The molecule has 0 radical (unpaired) electrons. The minimum atomic E-state index is -0.364. The van der Waals surface area contributed by atoms with E-state index in [4.69, 9.17) is 5.73 Å². The smallest absolute Gasteiger partial charge is 0.240 e. The molecule has 0 saturated carbocycles. The van der Waals surface area contributed by atoms with Crippen LogP contribution in [-0.4, -0.2) is 29.3 Å². The summed E-state index contributed by atoms with van der Waals surface area (Å²) in [6, 6.07) is -0.364. The Bertz CT molecular complexity index is 344. The molecule has 4 nitrogen and oxygen atoms in total. The van der Waals surface area contributed by atoms with Gasteiger partial charge in [0.1, 0.15) is 6.04 Å². The van der Waals surface area contributed by atoms with E-state index in [1.54, 1.807) is 4.90 Å². The van der Waals surface area contributed by atoms with Crippen LogP contribution in [0, 0.1) is 5.92 Å². The molecule has 2 atom stereocenters. The Labute approximate surface area is 135 Å². The second-order valence-electron chi connectivity index (χ2n) is 6.63. The van der Waals surface area contributed by atoms with Crippen molar-refractivity contribution in [2.45, 2.75) is 90.5 Å². The van der Waals surface area contributed by atoms with Crippen molar-refractivity contribution in [2.24, 2.45) is 11.7 Å². The van der Waals surface area contributed by atoms with Gasteiger partial charge in [0.05, 0.1) is 0 Å². The van der Waals surface area contributed by atoms with Crippen LogP contribution in [0.3, 0.4) is 0 Å². The van der Waals surface area contributed by atoms with E-state index in [9.17, 15) is 9.59 Å². The second kappa shape index (κ2) is 10.6. The molecule has 2 N–H and O–H groups in total. The lowest BCUT2D eigenvalue weighted by molar-refractivity contribution is -0.141. The van der Waals surface area contributed by atoms with Crippen molar-refractivity contribution < 1.29 is 9.59 Å². The van der Waals surface area contributed by atoms with E-state index < -0.39 is 0 Å². The molecular weight excluding hydrogens is 276 g/mol. The molecule has 0 aliphatic carbocycles. The molecule has 1 fully saturated rings. The van der Waals surface area contributed by atoms with Gasteiger partial charge in [-0.3, -0.25) is 9.59 Å². The minimum absolute atomic E-state index is 0.0797. The molecule has 1 aliphatic heterocycles. The molecule has 0 aromatic carbocycles. The zero-order valence-electron chi connectivity index (χ0n) is 14.5. The maximum atomic E-state index is 12.7. The maximum absolute atomic E-state index is 12.7. The number of hydrogen-bond donors (Lipinski definition) is 1. The fourth-order valence-electron chi connectivity index (χ4n) is 3.47. The third-order valence-electron chi connectivity index (χ3n) is 4.76. The summed E-state index contributed by atoms with van der Waals surface area (Å²) in [6.07, 6.45) is 12.0. The van der Waals surface area contributed by atoms with Gasteiger partial charge in [0.25, 0.3) is 0 Å². The van der Waals surface area contributed by atoms with Crippen molar-refractivity contribution in [2.75, 3.05) is 6.54 Å². The van der Waals surface area contributed by atoms with E-state index in [-0.39, 0.29) is 23.8 Å². The average Bonchev–Trinajstić information content (AvgIpc) is 2.98. The van der Waals surface area contributed by atoms with Crippen LogP contribution in [0.25, 0.3) is 0 Å². The maximum Gasteiger partial charge on any atom is 0.240 e. The van der Waals surface area contributed by atoms with Gasteiger partial charge in [-0.15, -0.1) is 0 Å². The lowest BCUT2D eigenvalue weighted by atomic mass is 9.94. The second-order valence-corrected chi connectivity index (χ2v) is 6.63. The minimum Gasteiger partial charge on any atom is -0.368 e. The number of likely N-dealkylation sites (tertiary alicyclic amines) is 1. The third kappa shape index (κ3) is 5.98. The number of carbonyl (C=O) groups excluding carboxylic acids is 2. The fraction of sp³-hybridized carbons (Fsp3) is 0.889. The van der Waals surface area contributed by atoms with E-state index in [1.807, 2.05) is 0 Å². The fourth-order valence-corrected chi connectivity index (χ4v) is 3.47. The van der Waals surface area contributed by atoms with E-state index in [1.165, 1.54) is 32.1 Å². The highest BCUT2D eigenvalue weighted by molar-refractivity contribution is 5.88. The molecule has 0 aromatic heterocycles. The van der Waals surface area contributed by atoms with Gasteiger partial charge in [0, 0.05) is 12.5 Å². The quantitative estimate of drug-likeness (QED) is 0.592. The highest BCUT2D eigenvalue weighted by Crippen LogP contribution is 2.25. The monoisotopic (exact) mass is 310 g/mol. The number of rotatable bonds is 11. The van der Waals surface area contributed by atoms with Crippen LogP contribution in [0.2, 0.25) is 0 Å². The van der Waals surface area contributed by atoms with Crippen molar-refractivity contribution in [1.82, 2.24) is 4.90 Å². The number of nitrogens with zero attached hydrogens (tertiary/aromatic N) is 1. The number of carbonyl (C=O) groups is 2. The summed E-state index contributed by atoms with van der Waals surface area (Å²) in [5.41, 5.74) is 5.44. The van der Waals surface area contributed by atoms with E-state index in [0.717, 1.165) is 38.5 Å². The first kappa shape index (κ1) is 19.0. The van der Waals surface area contributed by atoms with Crippen LogP contribution in [-0.2, 0) is 9.59 Å². The SMILES string of the molecule is CCCCCCCC[C@H](CCC)C(=O)N1CCCC1C(N)=O. The summed E-state index contributed by atoms with van der Waals surface area (Å²) in [7, 11) is 0. The van der Waals surface area contributed by atoms with Gasteiger partial charge in [-0.2, -0.15) is 0 Å². The van der Waals surface area contributed by atoms with Gasteiger partial charge in [-0.1, -0.05) is 58.8 Å². The predicted molar refractivity (Wildman–Crippen MR) is 90.3 cm³/mol. The largest absolute Gasteiger partial charge is 0.368 e. The molecule has 0 aromatic rings. The first-order chi connectivity index (χ1) is 10.6. The van der Waals surface area contributed by atoms with Crippen LogP contribution in [0.4, 0.5) is 0 Å². The van der Waals surface area contributed by atoms with E-state index >= 15 is 0 Å². The van der Waals surface area contributed by atoms with Gasteiger partial charge in [0.2, 0.25) is 11.8 Å². The van der Waals surface area contributed by atoms with Crippen LogP contribution >= 0.6 is 0 Å². The van der Waals surface area contributed by atoms with Gasteiger partial charge in [0.15, 0.2) is 0 Å². The molecule has 0 bridgehead atoms. The van der Waals surface area contributed by atoms with Crippen molar-refractivity contribution in [3.63, 3.8) is 0 Å². The van der Waals surface area contributed by atoms with Gasteiger partial charge < -0.3 is 10.6 Å². The van der Waals surface area contributed by atoms with Crippen LogP contribution in [0.15, 0.2) is 0 Å². The summed E-state index contributed by atoms with van der Waals surface area (Å²) < 4.78 is 0. The topological polar surface area (TPSA) is 63.4 Å². The Hall–Kier alpha value is -1.06. The summed E-state index contributed by atoms with van der Waals surface area (Å²) in [4.78, 5) is 26.0. The Morgan fingerprint density at radius 2 is 1.73 bits per heavy atom. The molecule has 4 heteroatoms. The summed E-state index contributed by atoms with van der Waals surface area (Å²) in [5, 5.41) is 0. The molecule has 1 aliphatic rings. The molecule has 22 heavy (non-hydrogen) atoms. The van der Waals surface area contributed by atoms with Crippen molar-refractivity contribution >= 4 is 11.8 Å². The standard InChI is InChI=1S/C18H34N2O2/c1-3-5-6-7-8-9-12-15(11-4-2)18(22)20-14-10-13-16(20)17(19)21/h15-16H,3-14H2,1-2H3,(H2,19,21)/t15-,16?/m0/s1. The van der Waals surface area contributed by atoms with E-state index in [0.29, 0.717) is 6.54 Å². The van der Waals surface area contributed by atoms with Gasteiger partial charge in [-0.25, -0.2) is 0 Å². The Kier molecular flexibility index (Phi) is 9.17. The molecule has 0 spiro atoms. The molecule has 2 amide bonds. The number of hydrogen-bond acceptors (Lipinski definition) is 2. The average molecular weight is 310 g/mol. The summed E-state index contributed by atoms with van der Waals surface area (Å²) in [5.74, 6) is -0.103. The van der Waals surface area contributed by atoms with Crippen molar-refractivity contribution in [3.8, 4) is 0 Å². The number of nitrogens with two attached hydrogens (primary N) is 1. The van der Waals surface area contributed by atoms with E-state index in [2.05, 4.69) is 13.8 Å². The van der Waals surface area contributed by atoms with Gasteiger partial charge >= 0.3 is 0 Å². The molecule has 1 heterocycles. The highest BCUT2D eigenvalue weighted by Gasteiger charge is 2.35. The van der Waals surface area contributed by atoms with Crippen LogP contribution in [0.1, 0.15) is 84.5 Å². The van der Waals surface area contributed by atoms with Crippen molar-refractivity contribution in [1.29, 1.82) is 0 Å². The zero-order chi connectivity index (χ0) is 16.4. The predicted octanol–water partition coefficient (Wildman–Crippen LogP) is 3.63. The zero-order valence-corrected chi connectivity index (χ0v) is 14.5. The van der Waals surface area contributed by atoms with Crippen LogP contribution < -0.4 is 5.73 Å². The molecule has 1 rings (SSSR count). The Balaban J connectivity index is 2.44. The summed E-state index contributed by atoms with van der Waals surface area (Å²) >= 11 is 0. The molecular formula is C18H34N2O2. The lowest BCUT2D eigenvalue weighted by Gasteiger charge is -2.27. The first-order valence-electron chi connectivity index (χ1n) is 9.21. The molecule has 1 unspecified atom stereocenters. The molecule has 1 saturated heterocycles. The first-order valence-corrected chi connectivity index (χ1v) is 9.21. The highest BCUT2D eigenvalue weighted by atomic mass is 16.2. The summed E-state index contributed by atoms with van der Waals surface area (Å²) in [6.45, 7) is 5.04. The Morgan fingerprint density at radius 3 is 2.36 bits per heavy atom. The number of unbranched alkanes of at least 4 members (excludes halogenated alkanes) is 5. The normalized spacial score (nSPS) is 19.4.